The summed E-state index contributed by atoms with van der Waals surface area (Å²) >= 11 is 14.1. The number of halogens is 3. The van der Waals surface area contributed by atoms with Gasteiger partial charge in [0.05, 0.1) is 5.75 Å². The topological polar surface area (TPSA) is 49.4 Å². The first-order valence-corrected chi connectivity index (χ1v) is 15.2. The van der Waals surface area contributed by atoms with Gasteiger partial charge in [0.2, 0.25) is 11.8 Å². The highest BCUT2D eigenvalue weighted by Crippen LogP contribution is 2.29. The van der Waals surface area contributed by atoms with Crippen molar-refractivity contribution in [1.29, 1.82) is 0 Å². The second-order valence-corrected chi connectivity index (χ2v) is 11.7. The third-order valence-corrected chi connectivity index (χ3v) is 8.67. The zero-order chi connectivity index (χ0) is 27.6. The Labute approximate surface area is 244 Å². The van der Waals surface area contributed by atoms with E-state index in [-0.39, 0.29) is 36.0 Å². The number of carbonyl (C=O) groups excluding carboxylic acids is 2. The Morgan fingerprint density at radius 3 is 2.23 bits per heavy atom. The summed E-state index contributed by atoms with van der Waals surface area (Å²) in [6.07, 6.45) is 5.64. The lowest BCUT2D eigenvalue weighted by Crippen LogP contribution is -2.53. The summed E-state index contributed by atoms with van der Waals surface area (Å²) in [5.74, 6) is -0.0657. The van der Waals surface area contributed by atoms with Gasteiger partial charge < -0.3 is 10.2 Å². The van der Waals surface area contributed by atoms with Crippen LogP contribution in [0, 0.1) is 5.82 Å². The van der Waals surface area contributed by atoms with Crippen LogP contribution in [0.1, 0.15) is 48.8 Å². The predicted molar refractivity (Wildman–Crippen MR) is 159 cm³/mol. The predicted octanol–water partition coefficient (Wildman–Crippen LogP) is 7.45. The molecule has 0 radical (unpaired) electrons. The molecule has 39 heavy (non-hydrogen) atoms. The van der Waals surface area contributed by atoms with Crippen LogP contribution in [0.5, 0.6) is 0 Å². The summed E-state index contributed by atoms with van der Waals surface area (Å²) in [5, 5.41) is 4.34. The summed E-state index contributed by atoms with van der Waals surface area (Å²) in [6, 6.07) is 20.5. The summed E-state index contributed by atoms with van der Waals surface area (Å²) in [4.78, 5) is 29.2. The number of rotatable bonds is 11. The molecule has 0 aliphatic heterocycles. The highest BCUT2D eigenvalue weighted by atomic mass is 35.5. The molecule has 0 saturated heterocycles. The SMILES string of the molecule is O=C(NC1CCCCC1)[C@@H](Cc1ccccc1)N(Cc1ccc(F)cc1)C(=O)CSCc1c(Cl)cccc1Cl. The van der Waals surface area contributed by atoms with Gasteiger partial charge in [-0.3, -0.25) is 9.59 Å². The highest BCUT2D eigenvalue weighted by Gasteiger charge is 2.32. The zero-order valence-electron chi connectivity index (χ0n) is 21.8. The van der Waals surface area contributed by atoms with Gasteiger partial charge in [-0.1, -0.05) is 91.0 Å². The van der Waals surface area contributed by atoms with E-state index in [1.807, 2.05) is 30.3 Å². The van der Waals surface area contributed by atoms with E-state index >= 15 is 0 Å². The molecule has 2 amide bonds. The van der Waals surface area contributed by atoms with Crippen molar-refractivity contribution in [3.8, 4) is 0 Å². The number of thioether (sulfide) groups is 1. The average Bonchev–Trinajstić information content (AvgIpc) is 2.94. The molecule has 0 aromatic heterocycles. The quantitative estimate of drug-likeness (QED) is 0.254. The molecule has 1 fully saturated rings. The summed E-state index contributed by atoms with van der Waals surface area (Å²) in [7, 11) is 0. The van der Waals surface area contributed by atoms with E-state index < -0.39 is 6.04 Å². The van der Waals surface area contributed by atoms with E-state index in [0.29, 0.717) is 22.2 Å². The first-order valence-electron chi connectivity index (χ1n) is 13.3. The number of hydrogen-bond donors (Lipinski definition) is 1. The van der Waals surface area contributed by atoms with Crippen LogP contribution >= 0.6 is 35.0 Å². The fourth-order valence-corrected chi connectivity index (χ4v) is 6.53. The number of amides is 2. The van der Waals surface area contributed by atoms with Crippen molar-refractivity contribution in [3.05, 3.63) is 105 Å². The Bertz CT molecular complexity index is 1220. The van der Waals surface area contributed by atoms with Crippen molar-refractivity contribution in [2.75, 3.05) is 5.75 Å². The Balaban J connectivity index is 1.57. The second-order valence-electron chi connectivity index (χ2n) is 9.89. The van der Waals surface area contributed by atoms with Gasteiger partial charge in [-0.25, -0.2) is 4.39 Å². The first-order chi connectivity index (χ1) is 18.9. The molecule has 3 aromatic carbocycles. The molecular weight excluding hydrogens is 554 g/mol. The Hall–Kier alpha value is -2.54. The lowest BCUT2D eigenvalue weighted by Gasteiger charge is -2.33. The third kappa shape index (κ3) is 8.72. The molecule has 0 heterocycles. The largest absolute Gasteiger partial charge is 0.352 e. The van der Waals surface area contributed by atoms with E-state index in [9.17, 15) is 14.0 Å². The normalized spacial score (nSPS) is 14.5. The standard InChI is InChI=1S/C31H33Cl2FN2O2S/c32-27-12-7-13-28(33)26(27)20-39-21-30(37)36(19-23-14-16-24(34)17-15-23)29(18-22-8-3-1-4-9-22)31(38)35-25-10-5-2-6-11-25/h1,3-4,7-9,12-17,25,29H,2,5-6,10-11,18-21H2,(H,35,38)/t29-/m1/s1. The summed E-state index contributed by atoms with van der Waals surface area (Å²) < 4.78 is 13.6. The first kappa shape index (κ1) is 29.4. The number of nitrogens with zero attached hydrogens (tertiary/aromatic N) is 1. The molecular formula is C31H33Cl2FN2O2S. The van der Waals surface area contributed by atoms with Gasteiger partial charge in [-0.15, -0.1) is 11.8 Å². The van der Waals surface area contributed by atoms with Crippen molar-refractivity contribution in [3.63, 3.8) is 0 Å². The Kier molecular flexibility index (Phi) is 11.1. The minimum Gasteiger partial charge on any atom is -0.352 e. The second kappa shape index (κ2) is 14.7. The lowest BCUT2D eigenvalue weighted by atomic mass is 9.94. The Morgan fingerprint density at radius 2 is 1.56 bits per heavy atom. The molecule has 1 aliphatic carbocycles. The molecule has 8 heteroatoms. The fourth-order valence-electron chi connectivity index (χ4n) is 4.88. The van der Waals surface area contributed by atoms with Gasteiger partial charge in [-0.2, -0.15) is 0 Å². The molecule has 0 spiro atoms. The maximum Gasteiger partial charge on any atom is 0.243 e. The van der Waals surface area contributed by atoms with Crippen molar-refractivity contribution in [2.45, 2.75) is 62.9 Å². The third-order valence-electron chi connectivity index (χ3n) is 7.02. The van der Waals surface area contributed by atoms with Crippen molar-refractivity contribution < 1.29 is 14.0 Å². The van der Waals surface area contributed by atoms with Crippen LogP contribution in [0.15, 0.2) is 72.8 Å². The van der Waals surface area contributed by atoms with Crippen LogP contribution < -0.4 is 5.32 Å². The van der Waals surface area contributed by atoms with Gasteiger partial charge >= 0.3 is 0 Å². The monoisotopic (exact) mass is 586 g/mol. The highest BCUT2D eigenvalue weighted by molar-refractivity contribution is 7.99. The van der Waals surface area contributed by atoms with E-state index in [1.165, 1.54) is 30.3 Å². The van der Waals surface area contributed by atoms with Gasteiger partial charge in [0, 0.05) is 34.8 Å². The fraction of sp³-hybridized carbons (Fsp3) is 0.355. The molecule has 3 aromatic rings. The van der Waals surface area contributed by atoms with E-state index in [0.717, 1.165) is 42.4 Å². The maximum atomic E-state index is 13.8. The van der Waals surface area contributed by atoms with Crippen molar-refractivity contribution in [2.24, 2.45) is 0 Å². The summed E-state index contributed by atoms with van der Waals surface area (Å²) in [5.41, 5.74) is 2.50. The van der Waals surface area contributed by atoms with Gasteiger partial charge in [0.25, 0.3) is 0 Å². The maximum absolute atomic E-state index is 13.8. The number of carbonyl (C=O) groups is 2. The van der Waals surface area contributed by atoms with Crippen LogP contribution in [-0.4, -0.2) is 34.6 Å². The minimum atomic E-state index is -0.712. The smallest absolute Gasteiger partial charge is 0.243 e. The van der Waals surface area contributed by atoms with Crippen molar-refractivity contribution in [1.82, 2.24) is 10.2 Å². The summed E-state index contributed by atoms with van der Waals surface area (Å²) in [6.45, 7) is 0.197. The van der Waals surface area contributed by atoms with Crippen LogP contribution in [0.25, 0.3) is 0 Å². The molecule has 1 saturated carbocycles. The minimum absolute atomic E-state index is 0.115. The van der Waals surface area contributed by atoms with Crippen LogP contribution in [0.4, 0.5) is 4.39 Å². The molecule has 0 bridgehead atoms. The molecule has 4 nitrogen and oxygen atoms in total. The molecule has 206 valence electrons. The van der Waals surface area contributed by atoms with Crippen LogP contribution in [0.3, 0.4) is 0 Å². The van der Waals surface area contributed by atoms with Gasteiger partial charge in [-0.05, 0) is 53.8 Å². The molecule has 4 rings (SSSR count). The number of benzene rings is 3. The van der Waals surface area contributed by atoms with Crippen LogP contribution in [0.2, 0.25) is 10.0 Å². The molecule has 1 atom stereocenters. The number of nitrogens with one attached hydrogen (secondary N) is 1. The molecule has 1 N–H and O–H groups in total. The van der Waals surface area contributed by atoms with Crippen LogP contribution in [-0.2, 0) is 28.3 Å². The Morgan fingerprint density at radius 1 is 0.897 bits per heavy atom. The molecule has 1 aliphatic rings. The number of hydrogen-bond acceptors (Lipinski definition) is 3. The van der Waals surface area contributed by atoms with E-state index in [2.05, 4.69) is 5.32 Å². The van der Waals surface area contributed by atoms with Gasteiger partial charge in [0.1, 0.15) is 11.9 Å². The van der Waals surface area contributed by atoms with Gasteiger partial charge in [0.15, 0.2) is 0 Å². The zero-order valence-corrected chi connectivity index (χ0v) is 24.1. The average molecular weight is 588 g/mol. The van der Waals surface area contributed by atoms with Crippen molar-refractivity contribution >= 4 is 46.8 Å². The lowest BCUT2D eigenvalue weighted by molar-refractivity contribution is -0.139. The van der Waals surface area contributed by atoms with E-state index in [4.69, 9.17) is 23.2 Å². The molecule has 0 unspecified atom stereocenters. The van der Waals surface area contributed by atoms with E-state index in [1.54, 1.807) is 35.2 Å².